The van der Waals surface area contributed by atoms with E-state index >= 15 is 0 Å². The van der Waals surface area contributed by atoms with Gasteiger partial charge in [0.2, 0.25) is 0 Å². The number of nitrogens with one attached hydrogen (secondary N) is 1. The van der Waals surface area contributed by atoms with Crippen molar-refractivity contribution in [1.29, 1.82) is 0 Å². The molecule has 0 fully saturated rings. The number of hydrogen-bond donors (Lipinski definition) is 1. The Bertz CT molecular complexity index is 588. The Morgan fingerprint density at radius 1 is 1.25 bits per heavy atom. The summed E-state index contributed by atoms with van der Waals surface area (Å²) in [6.45, 7) is 5.12. The number of benzene rings is 2. The summed E-state index contributed by atoms with van der Waals surface area (Å²) in [6.07, 6.45) is 0. The van der Waals surface area contributed by atoms with Crippen LogP contribution in [-0.2, 0) is 0 Å². The van der Waals surface area contributed by atoms with Crippen LogP contribution in [0.15, 0.2) is 46.9 Å². The van der Waals surface area contributed by atoms with Gasteiger partial charge >= 0.3 is 0 Å². The summed E-state index contributed by atoms with van der Waals surface area (Å²) >= 11 is 9.50. The van der Waals surface area contributed by atoms with Gasteiger partial charge in [-0.15, -0.1) is 0 Å². The largest absolute Gasteiger partial charge is 0.457 e. The monoisotopic (exact) mass is 353 g/mol. The van der Waals surface area contributed by atoms with Crippen LogP contribution >= 0.6 is 27.5 Å². The first-order valence-electron chi connectivity index (χ1n) is 6.56. The summed E-state index contributed by atoms with van der Waals surface area (Å²) in [5.41, 5.74) is 1.11. The van der Waals surface area contributed by atoms with E-state index in [0.717, 1.165) is 28.1 Å². The Balaban J connectivity index is 2.31. The van der Waals surface area contributed by atoms with Crippen molar-refractivity contribution in [3.63, 3.8) is 0 Å². The number of ether oxygens (including phenoxy) is 1. The first-order chi connectivity index (χ1) is 9.60. The van der Waals surface area contributed by atoms with Crippen molar-refractivity contribution in [3.8, 4) is 11.5 Å². The SMILES string of the molecule is CCNC(C)c1cc(Br)ccc1Oc1cccc(Cl)c1. The highest BCUT2D eigenvalue weighted by Crippen LogP contribution is 2.32. The van der Waals surface area contributed by atoms with Crippen LogP contribution in [0.5, 0.6) is 11.5 Å². The molecule has 2 rings (SSSR count). The van der Waals surface area contributed by atoms with Gasteiger partial charge in [0.15, 0.2) is 0 Å². The summed E-state index contributed by atoms with van der Waals surface area (Å²) in [7, 11) is 0. The van der Waals surface area contributed by atoms with Crippen LogP contribution in [-0.4, -0.2) is 6.54 Å². The van der Waals surface area contributed by atoms with Gasteiger partial charge in [-0.25, -0.2) is 0 Å². The lowest BCUT2D eigenvalue weighted by molar-refractivity contribution is 0.463. The lowest BCUT2D eigenvalue weighted by Crippen LogP contribution is -2.18. The third kappa shape index (κ3) is 3.98. The molecular weight excluding hydrogens is 338 g/mol. The lowest BCUT2D eigenvalue weighted by Gasteiger charge is -2.18. The zero-order chi connectivity index (χ0) is 14.5. The minimum absolute atomic E-state index is 0.215. The predicted octanol–water partition coefficient (Wildman–Crippen LogP) is 5.57. The Morgan fingerprint density at radius 2 is 2.05 bits per heavy atom. The zero-order valence-electron chi connectivity index (χ0n) is 11.5. The number of hydrogen-bond acceptors (Lipinski definition) is 2. The third-order valence-electron chi connectivity index (χ3n) is 2.97. The molecule has 1 unspecified atom stereocenters. The highest BCUT2D eigenvalue weighted by Gasteiger charge is 2.12. The first-order valence-corrected chi connectivity index (χ1v) is 7.73. The van der Waals surface area contributed by atoms with Gasteiger partial charge in [-0.05, 0) is 49.9 Å². The summed E-state index contributed by atoms with van der Waals surface area (Å²) in [6, 6.07) is 13.7. The van der Waals surface area contributed by atoms with E-state index in [9.17, 15) is 0 Å². The molecule has 2 aromatic carbocycles. The molecule has 0 amide bonds. The topological polar surface area (TPSA) is 21.3 Å². The van der Waals surface area contributed by atoms with E-state index in [1.807, 2.05) is 36.4 Å². The fourth-order valence-electron chi connectivity index (χ4n) is 2.02. The van der Waals surface area contributed by atoms with Crippen molar-refractivity contribution in [2.45, 2.75) is 19.9 Å². The Kier molecular flexibility index (Phi) is 5.46. The Labute approximate surface area is 133 Å². The van der Waals surface area contributed by atoms with Gasteiger partial charge in [0, 0.05) is 21.1 Å². The predicted molar refractivity (Wildman–Crippen MR) is 87.8 cm³/mol. The third-order valence-corrected chi connectivity index (χ3v) is 3.70. The van der Waals surface area contributed by atoms with Crippen LogP contribution in [0.2, 0.25) is 5.02 Å². The molecule has 1 atom stereocenters. The molecule has 0 aliphatic heterocycles. The molecule has 0 aliphatic carbocycles. The second-order valence-corrected chi connectivity index (χ2v) is 5.87. The van der Waals surface area contributed by atoms with Crippen molar-refractivity contribution < 1.29 is 4.74 Å². The number of rotatable bonds is 5. The highest BCUT2D eigenvalue weighted by atomic mass is 79.9. The van der Waals surface area contributed by atoms with Crippen molar-refractivity contribution in [3.05, 3.63) is 57.5 Å². The van der Waals surface area contributed by atoms with Gasteiger partial charge < -0.3 is 10.1 Å². The Hall–Kier alpha value is -1.03. The highest BCUT2D eigenvalue weighted by molar-refractivity contribution is 9.10. The molecule has 1 N–H and O–H groups in total. The van der Waals surface area contributed by atoms with Gasteiger partial charge in [-0.3, -0.25) is 0 Å². The van der Waals surface area contributed by atoms with Crippen LogP contribution in [0.3, 0.4) is 0 Å². The summed E-state index contributed by atoms with van der Waals surface area (Å²) < 4.78 is 7.01. The van der Waals surface area contributed by atoms with Crippen LogP contribution in [0.4, 0.5) is 0 Å². The maximum Gasteiger partial charge on any atom is 0.132 e. The fourth-order valence-corrected chi connectivity index (χ4v) is 2.58. The minimum Gasteiger partial charge on any atom is -0.457 e. The molecule has 4 heteroatoms. The van der Waals surface area contributed by atoms with Gasteiger partial charge in [0.1, 0.15) is 11.5 Å². The van der Waals surface area contributed by atoms with Gasteiger partial charge in [-0.1, -0.05) is 40.5 Å². The second kappa shape index (κ2) is 7.11. The van der Waals surface area contributed by atoms with E-state index < -0.39 is 0 Å². The molecule has 0 radical (unpaired) electrons. The molecule has 0 saturated heterocycles. The fraction of sp³-hybridized carbons (Fsp3) is 0.250. The molecule has 0 aromatic heterocycles. The molecule has 0 saturated carbocycles. The molecule has 20 heavy (non-hydrogen) atoms. The molecule has 0 spiro atoms. The van der Waals surface area contributed by atoms with E-state index in [1.165, 1.54) is 0 Å². The molecule has 2 aromatic rings. The zero-order valence-corrected chi connectivity index (χ0v) is 13.8. The van der Waals surface area contributed by atoms with Crippen molar-refractivity contribution in [2.75, 3.05) is 6.54 Å². The molecule has 0 heterocycles. The van der Waals surface area contributed by atoms with Crippen LogP contribution in [0.1, 0.15) is 25.5 Å². The minimum atomic E-state index is 0.215. The molecule has 0 bridgehead atoms. The van der Waals surface area contributed by atoms with Crippen molar-refractivity contribution in [1.82, 2.24) is 5.32 Å². The van der Waals surface area contributed by atoms with Gasteiger partial charge in [-0.2, -0.15) is 0 Å². The van der Waals surface area contributed by atoms with Crippen molar-refractivity contribution >= 4 is 27.5 Å². The summed E-state index contributed by atoms with van der Waals surface area (Å²) in [4.78, 5) is 0. The lowest BCUT2D eigenvalue weighted by atomic mass is 10.1. The Morgan fingerprint density at radius 3 is 2.75 bits per heavy atom. The summed E-state index contributed by atoms with van der Waals surface area (Å²) in [5.74, 6) is 1.58. The van der Waals surface area contributed by atoms with Gasteiger partial charge in [0.25, 0.3) is 0 Å². The summed E-state index contributed by atoms with van der Waals surface area (Å²) in [5, 5.41) is 4.07. The van der Waals surface area contributed by atoms with Crippen LogP contribution in [0, 0.1) is 0 Å². The average Bonchev–Trinajstić information content (AvgIpc) is 2.41. The molecular formula is C16H17BrClNO. The van der Waals surface area contributed by atoms with Gasteiger partial charge in [0.05, 0.1) is 0 Å². The second-order valence-electron chi connectivity index (χ2n) is 4.52. The van der Waals surface area contributed by atoms with Crippen LogP contribution in [0.25, 0.3) is 0 Å². The first kappa shape index (κ1) is 15.4. The molecule has 0 aliphatic rings. The van der Waals surface area contributed by atoms with E-state index in [4.69, 9.17) is 16.3 Å². The molecule has 106 valence electrons. The van der Waals surface area contributed by atoms with E-state index in [1.54, 1.807) is 0 Å². The van der Waals surface area contributed by atoms with Crippen LogP contribution < -0.4 is 10.1 Å². The average molecular weight is 355 g/mol. The normalized spacial score (nSPS) is 12.2. The number of halogens is 2. The smallest absolute Gasteiger partial charge is 0.132 e. The van der Waals surface area contributed by atoms with E-state index in [0.29, 0.717) is 5.02 Å². The van der Waals surface area contributed by atoms with E-state index in [2.05, 4.69) is 41.2 Å². The maximum atomic E-state index is 5.99. The van der Waals surface area contributed by atoms with Crippen molar-refractivity contribution in [2.24, 2.45) is 0 Å². The quantitative estimate of drug-likeness (QED) is 0.758. The molecule has 2 nitrogen and oxygen atoms in total. The standard InChI is InChI=1S/C16H17BrClNO/c1-3-19-11(2)15-9-12(17)7-8-16(15)20-14-6-4-5-13(18)10-14/h4-11,19H,3H2,1-2H3. The van der Waals surface area contributed by atoms with E-state index in [-0.39, 0.29) is 6.04 Å². The maximum absolute atomic E-state index is 5.99.